The Bertz CT molecular complexity index is 493. The van der Waals surface area contributed by atoms with Crippen LogP contribution in [0, 0.1) is 0 Å². The van der Waals surface area contributed by atoms with Crippen molar-refractivity contribution in [2.45, 2.75) is 24.9 Å². The van der Waals surface area contributed by atoms with Crippen molar-refractivity contribution in [3.05, 3.63) is 35.4 Å². The van der Waals surface area contributed by atoms with E-state index in [1.807, 2.05) is 17.4 Å². The molecule has 1 saturated heterocycles. The smallest absolute Gasteiger partial charge is 0.318 e. The van der Waals surface area contributed by atoms with Crippen LogP contribution in [0.15, 0.2) is 24.3 Å². The van der Waals surface area contributed by atoms with Crippen molar-refractivity contribution in [1.29, 1.82) is 0 Å². The van der Waals surface area contributed by atoms with E-state index < -0.39 is 17.5 Å². The summed E-state index contributed by atoms with van der Waals surface area (Å²) in [5, 5.41) is 15.8. The van der Waals surface area contributed by atoms with Gasteiger partial charge in [0.05, 0.1) is 12.0 Å². The molecular formula is C14H19N3O3. The van der Waals surface area contributed by atoms with Crippen LogP contribution >= 0.6 is 0 Å². The molecule has 5 N–H and O–H groups in total. The van der Waals surface area contributed by atoms with Crippen molar-refractivity contribution >= 4 is 11.9 Å². The lowest BCUT2D eigenvalue weighted by Gasteiger charge is -2.33. The summed E-state index contributed by atoms with van der Waals surface area (Å²) in [6.45, 7) is 1.58. The second-order valence-corrected chi connectivity index (χ2v) is 5.07. The minimum absolute atomic E-state index is 0.0865. The van der Waals surface area contributed by atoms with Gasteiger partial charge >= 0.3 is 6.03 Å². The predicted octanol–water partition coefficient (Wildman–Crippen LogP) is -0.00500. The number of urea groups is 1. The lowest BCUT2D eigenvalue weighted by Crippen LogP contribution is -2.39. The number of nitrogens with one attached hydrogen (secondary N) is 2. The molecule has 1 aromatic carbocycles. The van der Waals surface area contributed by atoms with E-state index in [-0.39, 0.29) is 6.42 Å². The number of hydrogen-bond donors (Lipinski definition) is 4. The van der Waals surface area contributed by atoms with Crippen LogP contribution in [0.3, 0.4) is 0 Å². The number of amides is 3. The van der Waals surface area contributed by atoms with Gasteiger partial charge in [-0.25, -0.2) is 4.79 Å². The SMILES string of the molecule is NC(=O)NC(=O)Cc1ccc(C2(O)CCNCC2)cc1. The topological polar surface area (TPSA) is 104 Å². The number of rotatable bonds is 3. The van der Waals surface area contributed by atoms with Gasteiger partial charge < -0.3 is 16.2 Å². The zero-order valence-corrected chi connectivity index (χ0v) is 11.2. The lowest BCUT2D eigenvalue weighted by molar-refractivity contribution is -0.119. The number of primary amides is 1. The van der Waals surface area contributed by atoms with Gasteiger partial charge in [0.1, 0.15) is 0 Å². The van der Waals surface area contributed by atoms with Crippen LogP contribution in [-0.2, 0) is 16.8 Å². The fourth-order valence-electron chi connectivity index (χ4n) is 2.43. The molecule has 0 bridgehead atoms. The number of benzene rings is 1. The van der Waals surface area contributed by atoms with E-state index in [2.05, 4.69) is 5.32 Å². The Hall–Kier alpha value is -1.92. The minimum Gasteiger partial charge on any atom is -0.385 e. The van der Waals surface area contributed by atoms with E-state index in [0.29, 0.717) is 12.8 Å². The Morgan fingerprint density at radius 2 is 1.85 bits per heavy atom. The standard InChI is InChI=1S/C14H19N3O3/c15-13(19)17-12(18)9-10-1-3-11(4-2-10)14(20)5-7-16-8-6-14/h1-4,16,20H,5-9H2,(H3,15,17,18,19). The molecule has 0 aromatic heterocycles. The van der Waals surface area contributed by atoms with Crippen molar-refractivity contribution < 1.29 is 14.7 Å². The Kier molecular flexibility index (Phi) is 4.36. The lowest BCUT2D eigenvalue weighted by atomic mass is 9.85. The highest BCUT2D eigenvalue weighted by atomic mass is 16.3. The second-order valence-electron chi connectivity index (χ2n) is 5.07. The summed E-state index contributed by atoms with van der Waals surface area (Å²) in [6.07, 6.45) is 1.44. The van der Waals surface area contributed by atoms with E-state index in [9.17, 15) is 14.7 Å². The third kappa shape index (κ3) is 3.55. The molecule has 0 aliphatic carbocycles. The summed E-state index contributed by atoms with van der Waals surface area (Å²) < 4.78 is 0. The first-order valence-electron chi connectivity index (χ1n) is 6.61. The first-order valence-corrected chi connectivity index (χ1v) is 6.61. The number of nitrogens with two attached hydrogens (primary N) is 1. The Morgan fingerprint density at radius 1 is 1.25 bits per heavy atom. The molecule has 1 aliphatic rings. The zero-order valence-electron chi connectivity index (χ0n) is 11.2. The van der Waals surface area contributed by atoms with Crippen LogP contribution in [0.2, 0.25) is 0 Å². The van der Waals surface area contributed by atoms with Crippen molar-refractivity contribution in [3.63, 3.8) is 0 Å². The van der Waals surface area contributed by atoms with Crippen LogP contribution in [0.25, 0.3) is 0 Å². The monoisotopic (exact) mass is 277 g/mol. The van der Waals surface area contributed by atoms with Crippen molar-refractivity contribution in [2.24, 2.45) is 5.73 Å². The molecular weight excluding hydrogens is 258 g/mol. The van der Waals surface area contributed by atoms with Crippen LogP contribution in [0.1, 0.15) is 24.0 Å². The van der Waals surface area contributed by atoms with E-state index in [1.54, 1.807) is 12.1 Å². The fraction of sp³-hybridized carbons (Fsp3) is 0.429. The van der Waals surface area contributed by atoms with E-state index in [1.165, 1.54) is 0 Å². The number of hydrogen-bond acceptors (Lipinski definition) is 4. The van der Waals surface area contributed by atoms with Crippen LogP contribution < -0.4 is 16.4 Å². The molecule has 0 saturated carbocycles. The van der Waals surface area contributed by atoms with Gasteiger partial charge in [-0.3, -0.25) is 10.1 Å². The number of imide groups is 1. The summed E-state index contributed by atoms with van der Waals surface area (Å²) in [5.41, 5.74) is 5.71. The summed E-state index contributed by atoms with van der Waals surface area (Å²) in [6, 6.07) is 6.39. The third-order valence-electron chi connectivity index (χ3n) is 3.55. The quantitative estimate of drug-likeness (QED) is 0.624. The molecule has 0 atom stereocenters. The van der Waals surface area contributed by atoms with Gasteiger partial charge in [0, 0.05) is 0 Å². The molecule has 0 unspecified atom stereocenters. The largest absolute Gasteiger partial charge is 0.385 e. The molecule has 3 amide bonds. The average Bonchev–Trinajstić information content (AvgIpc) is 2.39. The first kappa shape index (κ1) is 14.5. The Balaban J connectivity index is 2.02. The molecule has 0 radical (unpaired) electrons. The Morgan fingerprint density at radius 3 is 2.40 bits per heavy atom. The third-order valence-corrected chi connectivity index (χ3v) is 3.55. The summed E-state index contributed by atoms with van der Waals surface area (Å²) in [4.78, 5) is 22.0. The molecule has 1 aromatic rings. The van der Waals surface area contributed by atoms with E-state index >= 15 is 0 Å². The summed E-state index contributed by atoms with van der Waals surface area (Å²) >= 11 is 0. The average molecular weight is 277 g/mol. The van der Waals surface area contributed by atoms with E-state index in [0.717, 1.165) is 24.2 Å². The first-order chi connectivity index (χ1) is 9.49. The number of carbonyl (C=O) groups excluding carboxylic acids is 2. The maximum Gasteiger partial charge on any atom is 0.318 e. The second kappa shape index (κ2) is 6.02. The molecule has 108 valence electrons. The van der Waals surface area contributed by atoms with Gasteiger partial charge in [-0.05, 0) is 37.1 Å². The molecule has 20 heavy (non-hydrogen) atoms. The highest BCUT2D eigenvalue weighted by Gasteiger charge is 2.30. The molecule has 2 rings (SSSR count). The van der Waals surface area contributed by atoms with Gasteiger partial charge in [-0.15, -0.1) is 0 Å². The van der Waals surface area contributed by atoms with Crippen molar-refractivity contribution in [2.75, 3.05) is 13.1 Å². The Labute approximate surface area is 117 Å². The summed E-state index contributed by atoms with van der Waals surface area (Å²) in [7, 11) is 0. The highest BCUT2D eigenvalue weighted by Crippen LogP contribution is 2.30. The van der Waals surface area contributed by atoms with Crippen LogP contribution in [-0.4, -0.2) is 30.1 Å². The normalized spacial score (nSPS) is 17.4. The maximum atomic E-state index is 11.4. The minimum atomic E-state index is -0.851. The van der Waals surface area contributed by atoms with Gasteiger partial charge in [0.25, 0.3) is 0 Å². The van der Waals surface area contributed by atoms with E-state index in [4.69, 9.17) is 5.73 Å². The van der Waals surface area contributed by atoms with Crippen LogP contribution in [0.4, 0.5) is 4.79 Å². The van der Waals surface area contributed by atoms with Gasteiger partial charge in [-0.1, -0.05) is 24.3 Å². The number of carbonyl (C=O) groups is 2. The van der Waals surface area contributed by atoms with Crippen LogP contribution in [0.5, 0.6) is 0 Å². The van der Waals surface area contributed by atoms with Crippen molar-refractivity contribution in [1.82, 2.24) is 10.6 Å². The summed E-state index contributed by atoms with van der Waals surface area (Å²) in [5.74, 6) is -0.439. The molecule has 6 nitrogen and oxygen atoms in total. The molecule has 1 fully saturated rings. The van der Waals surface area contributed by atoms with Crippen molar-refractivity contribution in [3.8, 4) is 0 Å². The fourth-order valence-corrected chi connectivity index (χ4v) is 2.43. The highest BCUT2D eigenvalue weighted by molar-refractivity contribution is 5.94. The molecule has 1 aliphatic heterocycles. The predicted molar refractivity (Wildman–Crippen MR) is 73.9 cm³/mol. The number of aliphatic hydroxyl groups is 1. The van der Waals surface area contributed by atoms with Gasteiger partial charge in [-0.2, -0.15) is 0 Å². The molecule has 0 spiro atoms. The maximum absolute atomic E-state index is 11.4. The number of piperidine rings is 1. The molecule has 6 heteroatoms. The zero-order chi connectivity index (χ0) is 14.6. The molecule has 1 heterocycles. The van der Waals surface area contributed by atoms with Gasteiger partial charge in [0.15, 0.2) is 0 Å². The van der Waals surface area contributed by atoms with Gasteiger partial charge in [0.2, 0.25) is 5.91 Å².